The van der Waals surface area contributed by atoms with E-state index in [0.29, 0.717) is 0 Å². The number of anilines is 2. The summed E-state index contributed by atoms with van der Waals surface area (Å²) in [6, 6.07) is 2.03. The first-order chi connectivity index (χ1) is 8.93. The number of hydrogen-bond donors (Lipinski definition) is 1. The number of piperazine rings is 1. The highest BCUT2D eigenvalue weighted by molar-refractivity contribution is 5.44. The lowest BCUT2D eigenvalue weighted by Crippen LogP contribution is -2.44. The summed E-state index contributed by atoms with van der Waals surface area (Å²) >= 11 is 0. The fourth-order valence-electron chi connectivity index (χ4n) is 2.66. The molecule has 2 fully saturated rings. The molecule has 18 heavy (non-hydrogen) atoms. The highest BCUT2D eigenvalue weighted by atomic mass is 15.3. The first-order valence-corrected chi connectivity index (χ1v) is 6.97. The molecule has 5 nitrogen and oxygen atoms in total. The van der Waals surface area contributed by atoms with Gasteiger partial charge in [-0.3, -0.25) is 0 Å². The molecule has 0 bridgehead atoms. The van der Waals surface area contributed by atoms with Crippen molar-refractivity contribution in [3.8, 4) is 0 Å². The Balaban J connectivity index is 1.75. The Kier molecular flexibility index (Phi) is 3.59. The van der Waals surface area contributed by atoms with Crippen LogP contribution < -0.4 is 15.1 Å². The Morgan fingerprint density at radius 2 is 1.72 bits per heavy atom. The van der Waals surface area contributed by atoms with Gasteiger partial charge in [0.15, 0.2) is 0 Å². The van der Waals surface area contributed by atoms with Crippen molar-refractivity contribution in [1.29, 1.82) is 0 Å². The molecule has 98 valence electrons. The van der Waals surface area contributed by atoms with Gasteiger partial charge in [0.2, 0.25) is 5.95 Å². The van der Waals surface area contributed by atoms with E-state index in [1.165, 1.54) is 19.3 Å². The van der Waals surface area contributed by atoms with Crippen LogP contribution in [0.5, 0.6) is 0 Å². The lowest BCUT2D eigenvalue weighted by molar-refractivity contribution is 0.564. The van der Waals surface area contributed by atoms with E-state index in [2.05, 4.69) is 20.1 Å². The van der Waals surface area contributed by atoms with Crippen LogP contribution in [-0.4, -0.2) is 49.2 Å². The molecule has 0 saturated carbocycles. The molecule has 0 atom stereocenters. The molecule has 0 aromatic carbocycles. The lowest BCUT2D eigenvalue weighted by Gasteiger charge is -2.30. The molecule has 0 amide bonds. The highest BCUT2D eigenvalue weighted by Crippen LogP contribution is 2.18. The minimum absolute atomic E-state index is 0.908. The van der Waals surface area contributed by atoms with E-state index in [1.54, 1.807) is 0 Å². The van der Waals surface area contributed by atoms with Gasteiger partial charge in [0.1, 0.15) is 5.82 Å². The van der Waals surface area contributed by atoms with Crippen LogP contribution in [0.25, 0.3) is 0 Å². The van der Waals surface area contributed by atoms with Crippen molar-refractivity contribution < 1.29 is 0 Å². The van der Waals surface area contributed by atoms with E-state index in [1.807, 2.05) is 12.3 Å². The normalized spacial score (nSPS) is 21.1. The van der Waals surface area contributed by atoms with Crippen molar-refractivity contribution in [2.24, 2.45) is 0 Å². The van der Waals surface area contributed by atoms with E-state index < -0.39 is 0 Å². The number of nitrogens with one attached hydrogen (secondary N) is 1. The molecule has 0 radical (unpaired) electrons. The van der Waals surface area contributed by atoms with Gasteiger partial charge in [-0.1, -0.05) is 0 Å². The van der Waals surface area contributed by atoms with Gasteiger partial charge >= 0.3 is 0 Å². The third-order valence-electron chi connectivity index (χ3n) is 3.71. The topological polar surface area (TPSA) is 44.3 Å². The molecule has 0 unspecified atom stereocenters. The minimum Gasteiger partial charge on any atom is -0.354 e. The average molecular weight is 247 g/mol. The summed E-state index contributed by atoms with van der Waals surface area (Å²) < 4.78 is 0. The second-order valence-corrected chi connectivity index (χ2v) is 5.00. The molecule has 3 rings (SSSR count). The van der Waals surface area contributed by atoms with Gasteiger partial charge in [0.25, 0.3) is 0 Å². The maximum Gasteiger partial charge on any atom is 0.227 e. The summed E-state index contributed by atoms with van der Waals surface area (Å²) in [7, 11) is 0. The van der Waals surface area contributed by atoms with Crippen LogP contribution in [0.3, 0.4) is 0 Å². The molecular formula is C13H21N5. The van der Waals surface area contributed by atoms with E-state index in [0.717, 1.165) is 51.0 Å². The molecule has 2 aliphatic heterocycles. The number of nitrogens with zero attached hydrogens (tertiary/aromatic N) is 4. The molecule has 0 spiro atoms. The first-order valence-electron chi connectivity index (χ1n) is 6.97. The maximum absolute atomic E-state index is 4.73. The zero-order valence-corrected chi connectivity index (χ0v) is 10.8. The Labute approximate surface area is 108 Å². The van der Waals surface area contributed by atoms with Crippen LogP contribution in [0, 0.1) is 0 Å². The van der Waals surface area contributed by atoms with Gasteiger partial charge in [-0.2, -0.15) is 4.98 Å². The lowest BCUT2D eigenvalue weighted by atomic mass is 10.1. The third-order valence-corrected chi connectivity index (χ3v) is 3.71. The van der Waals surface area contributed by atoms with Crippen molar-refractivity contribution in [3.05, 3.63) is 12.3 Å². The largest absolute Gasteiger partial charge is 0.354 e. The summed E-state index contributed by atoms with van der Waals surface area (Å²) in [5, 5.41) is 3.37. The van der Waals surface area contributed by atoms with Gasteiger partial charge < -0.3 is 15.1 Å². The van der Waals surface area contributed by atoms with Crippen molar-refractivity contribution in [1.82, 2.24) is 15.3 Å². The fourth-order valence-corrected chi connectivity index (χ4v) is 2.66. The predicted octanol–water partition coefficient (Wildman–Crippen LogP) is 0.876. The molecule has 1 N–H and O–H groups in total. The van der Waals surface area contributed by atoms with Crippen LogP contribution in [0.4, 0.5) is 11.8 Å². The second kappa shape index (κ2) is 5.52. The molecule has 3 heterocycles. The predicted molar refractivity (Wildman–Crippen MR) is 73.2 cm³/mol. The standard InChI is InChI=1S/C13H21N5/c1-2-8-18(9-3-1)13-15-5-4-12(16-13)17-10-6-14-7-11-17/h4-5,14H,1-3,6-11H2. The number of piperidine rings is 1. The monoisotopic (exact) mass is 247 g/mol. The average Bonchev–Trinajstić information content (AvgIpc) is 2.49. The highest BCUT2D eigenvalue weighted by Gasteiger charge is 2.16. The van der Waals surface area contributed by atoms with Crippen LogP contribution in [-0.2, 0) is 0 Å². The van der Waals surface area contributed by atoms with E-state index in [-0.39, 0.29) is 0 Å². The maximum atomic E-state index is 4.73. The van der Waals surface area contributed by atoms with Crippen molar-refractivity contribution in [2.45, 2.75) is 19.3 Å². The zero-order valence-electron chi connectivity index (χ0n) is 10.8. The van der Waals surface area contributed by atoms with E-state index in [4.69, 9.17) is 4.98 Å². The molecule has 0 aliphatic carbocycles. The first kappa shape index (κ1) is 11.7. The zero-order chi connectivity index (χ0) is 12.2. The summed E-state index contributed by atoms with van der Waals surface area (Å²) in [4.78, 5) is 13.8. The quantitative estimate of drug-likeness (QED) is 0.840. The van der Waals surface area contributed by atoms with Crippen LogP contribution >= 0.6 is 0 Å². The van der Waals surface area contributed by atoms with Gasteiger partial charge in [0, 0.05) is 45.5 Å². The van der Waals surface area contributed by atoms with Gasteiger partial charge in [-0.05, 0) is 25.3 Å². The minimum atomic E-state index is 0.908. The SMILES string of the molecule is c1cc(N2CCNCC2)nc(N2CCCCC2)n1. The van der Waals surface area contributed by atoms with E-state index in [9.17, 15) is 0 Å². The summed E-state index contributed by atoms with van der Waals surface area (Å²) in [5.41, 5.74) is 0. The number of hydrogen-bond acceptors (Lipinski definition) is 5. The Morgan fingerprint density at radius 1 is 0.944 bits per heavy atom. The summed E-state index contributed by atoms with van der Waals surface area (Å²) in [6.07, 6.45) is 5.77. The Hall–Kier alpha value is -1.36. The van der Waals surface area contributed by atoms with Crippen LogP contribution in [0.2, 0.25) is 0 Å². The van der Waals surface area contributed by atoms with E-state index >= 15 is 0 Å². The molecule has 2 aliphatic rings. The molecule has 1 aromatic rings. The number of aromatic nitrogens is 2. The van der Waals surface area contributed by atoms with Crippen molar-refractivity contribution >= 4 is 11.8 Å². The summed E-state index contributed by atoms with van der Waals surface area (Å²) in [6.45, 7) is 6.37. The fraction of sp³-hybridized carbons (Fsp3) is 0.692. The smallest absolute Gasteiger partial charge is 0.227 e. The van der Waals surface area contributed by atoms with Crippen molar-refractivity contribution in [2.75, 3.05) is 49.1 Å². The Morgan fingerprint density at radius 3 is 2.50 bits per heavy atom. The molecule has 1 aromatic heterocycles. The second-order valence-electron chi connectivity index (χ2n) is 5.00. The van der Waals surface area contributed by atoms with Gasteiger partial charge in [-0.25, -0.2) is 4.98 Å². The number of rotatable bonds is 2. The Bertz CT molecular complexity index is 349. The third kappa shape index (κ3) is 2.56. The molecule has 5 heteroatoms. The van der Waals surface area contributed by atoms with Gasteiger partial charge in [-0.15, -0.1) is 0 Å². The molecule has 2 saturated heterocycles. The summed E-state index contributed by atoms with van der Waals surface area (Å²) in [5.74, 6) is 1.98. The van der Waals surface area contributed by atoms with Crippen LogP contribution in [0.15, 0.2) is 12.3 Å². The van der Waals surface area contributed by atoms with Gasteiger partial charge in [0.05, 0.1) is 0 Å². The van der Waals surface area contributed by atoms with Crippen LogP contribution in [0.1, 0.15) is 19.3 Å². The molecular weight excluding hydrogens is 226 g/mol. The van der Waals surface area contributed by atoms with Crippen molar-refractivity contribution in [3.63, 3.8) is 0 Å².